The number of para-hydroxylation sites is 1. The SMILES string of the molecule is NC(=O)c1ccc(CCC(=O)N2CCN(CC(=O)N3CCc4ccccc43)CC2)cc1. The number of carbonyl (C=O) groups excluding carboxylic acids is 3. The number of carbonyl (C=O) groups is 3. The smallest absolute Gasteiger partial charge is 0.248 e. The molecule has 0 unspecified atom stereocenters. The number of piperazine rings is 1. The fraction of sp³-hybridized carbons (Fsp3) is 0.375. The van der Waals surface area contributed by atoms with E-state index in [1.165, 1.54) is 5.56 Å². The Morgan fingerprint density at radius 3 is 2.26 bits per heavy atom. The second-order valence-electron chi connectivity index (χ2n) is 8.14. The molecular formula is C24H28N4O3. The van der Waals surface area contributed by atoms with Gasteiger partial charge in [-0.2, -0.15) is 0 Å². The summed E-state index contributed by atoms with van der Waals surface area (Å²) in [4.78, 5) is 42.4. The van der Waals surface area contributed by atoms with Crippen LogP contribution in [0.15, 0.2) is 48.5 Å². The quantitative estimate of drug-likeness (QED) is 0.766. The highest BCUT2D eigenvalue weighted by atomic mass is 16.2. The number of amides is 3. The van der Waals surface area contributed by atoms with Crippen LogP contribution in [0.5, 0.6) is 0 Å². The Morgan fingerprint density at radius 2 is 1.55 bits per heavy atom. The van der Waals surface area contributed by atoms with E-state index >= 15 is 0 Å². The van der Waals surface area contributed by atoms with Gasteiger partial charge in [0.1, 0.15) is 0 Å². The molecule has 4 rings (SSSR count). The number of aryl methyl sites for hydroxylation is 1. The number of nitrogens with zero attached hydrogens (tertiary/aromatic N) is 3. The summed E-state index contributed by atoms with van der Waals surface area (Å²) in [5.41, 5.74) is 9.00. The Morgan fingerprint density at radius 1 is 0.839 bits per heavy atom. The minimum atomic E-state index is -0.451. The topological polar surface area (TPSA) is 87.0 Å². The van der Waals surface area contributed by atoms with Gasteiger partial charge in [0.2, 0.25) is 17.7 Å². The summed E-state index contributed by atoms with van der Waals surface area (Å²) < 4.78 is 0. The maximum absolute atomic E-state index is 12.8. The molecule has 0 aliphatic carbocycles. The van der Waals surface area contributed by atoms with Crippen molar-refractivity contribution in [3.05, 3.63) is 65.2 Å². The van der Waals surface area contributed by atoms with Gasteiger partial charge in [0.15, 0.2) is 0 Å². The van der Waals surface area contributed by atoms with Crippen molar-refractivity contribution in [2.45, 2.75) is 19.3 Å². The summed E-state index contributed by atoms with van der Waals surface area (Å²) >= 11 is 0. The van der Waals surface area contributed by atoms with Crippen LogP contribution in [-0.2, 0) is 22.4 Å². The summed E-state index contributed by atoms with van der Waals surface area (Å²) in [6, 6.07) is 15.1. The molecule has 2 heterocycles. The van der Waals surface area contributed by atoms with Gasteiger partial charge in [-0.3, -0.25) is 19.3 Å². The van der Waals surface area contributed by atoms with Crippen LogP contribution in [-0.4, -0.2) is 66.8 Å². The molecule has 3 amide bonds. The lowest BCUT2D eigenvalue weighted by Crippen LogP contribution is -2.51. The summed E-state index contributed by atoms with van der Waals surface area (Å²) in [6.07, 6.45) is 1.97. The van der Waals surface area contributed by atoms with Gasteiger partial charge in [-0.25, -0.2) is 0 Å². The molecule has 31 heavy (non-hydrogen) atoms. The van der Waals surface area contributed by atoms with Crippen LogP contribution in [0.2, 0.25) is 0 Å². The van der Waals surface area contributed by atoms with Gasteiger partial charge >= 0.3 is 0 Å². The molecule has 2 N–H and O–H groups in total. The van der Waals surface area contributed by atoms with Gasteiger partial charge in [-0.05, 0) is 42.2 Å². The number of nitrogens with two attached hydrogens (primary N) is 1. The second-order valence-corrected chi connectivity index (χ2v) is 8.14. The lowest BCUT2D eigenvalue weighted by molar-refractivity contribution is -0.133. The molecule has 0 atom stereocenters. The fourth-order valence-corrected chi connectivity index (χ4v) is 4.27. The zero-order chi connectivity index (χ0) is 21.8. The van der Waals surface area contributed by atoms with Crippen molar-refractivity contribution >= 4 is 23.4 Å². The van der Waals surface area contributed by atoms with Crippen LogP contribution in [0.4, 0.5) is 5.69 Å². The molecule has 1 saturated heterocycles. The van der Waals surface area contributed by atoms with Gasteiger partial charge in [-0.15, -0.1) is 0 Å². The first-order valence-electron chi connectivity index (χ1n) is 10.8. The normalized spacial score (nSPS) is 16.3. The average molecular weight is 421 g/mol. The predicted octanol–water partition coefficient (Wildman–Crippen LogP) is 1.45. The van der Waals surface area contributed by atoms with Gasteiger partial charge in [-0.1, -0.05) is 30.3 Å². The number of hydrogen-bond donors (Lipinski definition) is 1. The maximum atomic E-state index is 12.8. The van der Waals surface area contributed by atoms with Gasteiger partial charge < -0.3 is 15.5 Å². The first-order valence-corrected chi connectivity index (χ1v) is 10.8. The van der Waals surface area contributed by atoms with Crippen LogP contribution in [0.3, 0.4) is 0 Å². The van der Waals surface area contributed by atoms with Crippen LogP contribution in [0.25, 0.3) is 0 Å². The Labute approximate surface area is 182 Å². The van der Waals surface area contributed by atoms with Crippen molar-refractivity contribution in [1.82, 2.24) is 9.80 Å². The van der Waals surface area contributed by atoms with E-state index in [1.807, 2.05) is 40.1 Å². The molecule has 0 radical (unpaired) electrons. The average Bonchev–Trinajstić information content (AvgIpc) is 3.22. The summed E-state index contributed by atoms with van der Waals surface area (Å²) in [5, 5.41) is 0. The first-order chi connectivity index (χ1) is 15.0. The lowest BCUT2D eigenvalue weighted by Gasteiger charge is -2.35. The van der Waals surface area contributed by atoms with Crippen LogP contribution < -0.4 is 10.6 Å². The van der Waals surface area contributed by atoms with E-state index in [0.717, 1.165) is 24.2 Å². The molecule has 162 valence electrons. The molecule has 0 spiro atoms. The number of fused-ring (bicyclic) bond motifs is 1. The Kier molecular flexibility index (Phi) is 6.32. The predicted molar refractivity (Wildman–Crippen MR) is 119 cm³/mol. The van der Waals surface area contributed by atoms with Crippen molar-refractivity contribution < 1.29 is 14.4 Å². The highest BCUT2D eigenvalue weighted by molar-refractivity contribution is 5.96. The molecule has 7 heteroatoms. The molecule has 1 fully saturated rings. The Balaban J connectivity index is 1.22. The molecule has 2 aromatic carbocycles. The number of anilines is 1. The maximum Gasteiger partial charge on any atom is 0.248 e. The van der Waals surface area contributed by atoms with Crippen LogP contribution in [0, 0.1) is 0 Å². The Bertz CT molecular complexity index is 965. The molecular weight excluding hydrogens is 392 g/mol. The van der Waals surface area contributed by atoms with Gasteiger partial charge in [0.25, 0.3) is 0 Å². The van der Waals surface area contributed by atoms with E-state index in [0.29, 0.717) is 51.1 Å². The first kappa shape index (κ1) is 21.1. The van der Waals surface area contributed by atoms with E-state index in [2.05, 4.69) is 11.0 Å². The minimum absolute atomic E-state index is 0.124. The lowest BCUT2D eigenvalue weighted by atomic mass is 10.1. The van der Waals surface area contributed by atoms with E-state index in [-0.39, 0.29) is 11.8 Å². The molecule has 0 aromatic heterocycles. The number of hydrogen-bond acceptors (Lipinski definition) is 4. The van der Waals surface area contributed by atoms with Crippen LogP contribution >= 0.6 is 0 Å². The molecule has 2 aliphatic heterocycles. The highest BCUT2D eigenvalue weighted by Crippen LogP contribution is 2.27. The van der Waals surface area contributed by atoms with Crippen LogP contribution in [0.1, 0.15) is 27.9 Å². The molecule has 0 bridgehead atoms. The third-order valence-electron chi connectivity index (χ3n) is 6.14. The van der Waals surface area contributed by atoms with E-state index in [4.69, 9.17) is 5.73 Å². The second kappa shape index (κ2) is 9.31. The van der Waals surface area contributed by atoms with Gasteiger partial charge in [0, 0.05) is 50.4 Å². The Hall–Kier alpha value is -3.19. The largest absolute Gasteiger partial charge is 0.366 e. The third kappa shape index (κ3) is 4.94. The minimum Gasteiger partial charge on any atom is -0.366 e. The van der Waals surface area contributed by atoms with Crippen molar-refractivity contribution in [1.29, 1.82) is 0 Å². The number of rotatable bonds is 6. The number of benzene rings is 2. The molecule has 2 aliphatic rings. The fourth-order valence-electron chi connectivity index (χ4n) is 4.27. The zero-order valence-corrected chi connectivity index (χ0v) is 17.6. The highest BCUT2D eigenvalue weighted by Gasteiger charge is 2.27. The molecule has 2 aromatic rings. The summed E-state index contributed by atoms with van der Waals surface area (Å²) in [7, 11) is 0. The zero-order valence-electron chi connectivity index (χ0n) is 17.6. The standard InChI is InChI=1S/C24H28N4O3/c25-24(31)20-8-5-18(6-9-20)7-10-22(29)27-15-13-26(14-16-27)17-23(30)28-12-11-19-3-1-2-4-21(19)28/h1-6,8-9H,7,10-17H2,(H2,25,31). The van der Waals surface area contributed by atoms with Crippen molar-refractivity contribution in [2.24, 2.45) is 5.73 Å². The molecule has 7 nitrogen and oxygen atoms in total. The van der Waals surface area contributed by atoms with Crippen molar-refractivity contribution in [3.63, 3.8) is 0 Å². The van der Waals surface area contributed by atoms with Gasteiger partial charge in [0.05, 0.1) is 6.54 Å². The third-order valence-corrected chi connectivity index (χ3v) is 6.14. The van der Waals surface area contributed by atoms with E-state index in [1.54, 1.807) is 12.1 Å². The van der Waals surface area contributed by atoms with E-state index in [9.17, 15) is 14.4 Å². The van der Waals surface area contributed by atoms with Crippen molar-refractivity contribution in [2.75, 3.05) is 44.2 Å². The summed E-state index contributed by atoms with van der Waals surface area (Å²) in [6.45, 7) is 3.84. The van der Waals surface area contributed by atoms with E-state index < -0.39 is 5.91 Å². The van der Waals surface area contributed by atoms with Crippen molar-refractivity contribution in [3.8, 4) is 0 Å². The monoisotopic (exact) mass is 420 g/mol. The number of primary amides is 1. The summed E-state index contributed by atoms with van der Waals surface area (Å²) in [5.74, 6) is -0.199. The molecule has 0 saturated carbocycles.